The number of halogens is 1. The summed E-state index contributed by atoms with van der Waals surface area (Å²) in [6, 6.07) is 15.6. The van der Waals surface area contributed by atoms with Crippen molar-refractivity contribution in [3.8, 4) is 0 Å². The molecular weight excluding hydrogens is 338 g/mol. The molecule has 0 N–H and O–H groups in total. The van der Waals surface area contributed by atoms with Gasteiger partial charge in [0.2, 0.25) is 0 Å². The third kappa shape index (κ3) is 4.15. The van der Waals surface area contributed by atoms with Gasteiger partial charge in [0.05, 0.1) is 0 Å². The van der Waals surface area contributed by atoms with Gasteiger partial charge in [-0.3, -0.25) is 14.4 Å². The van der Waals surface area contributed by atoms with Gasteiger partial charge in [-0.05, 0) is 36.4 Å². The molecule has 1 unspecified atom stereocenters. The number of piperidine rings is 1. The van der Waals surface area contributed by atoms with E-state index in [4.69, 9.17) is 11.6 Å². The lowest BCUT2D eigenvalue weighted by molar-refractivity contribution is -0.125. The Kier molecular flexibility index (Phi) is 5.29. The second-order valence-electron chi connectivity index (χ2n) is 6.16. The van der Waals surface area contributed by atoms with Gasteiger partial charge in [0.25, 0.3) is 5.91 Å². The normalized spacial score (nSPS) is 17.4. The lowest BCUT2D eigenvalue weighted by atomic mass is 9.89. The van der Waals surface area contributed by atoms with Crippen LogP contribution in [0.5, 0.6) is 0 Å². The molecule has 0 aromatic heterocycles. The summed E-state index contributed by atoms with van der Waals surface area (Å²) in [6.45, 7) is 0.685. The van der Waals surface area contributed by atoms with Crippen LogP contribution in [-0.4, -0.2) is 35.5 Å². The smallest absolute Gasteiger partial charge is 0.253 e. The fourth-order valence-electron chi connectivity index (χ4n) is 3.01. The summed E-state index contributed by atoms with van der Waals surface area (Å²) in [4.78, 5) is 38.8. The summed E-state index contributed by atoms with van der Waals surface area (Å²) in [5, 5.41) is 0.560. The van der Waals surface area contributed by atoms with E-state index < -0.39 is 5.92 Å². The monoisotopic (exact) mass is 355 g/mol. The van der Waals surface area contributed by atoms with Gasteiger partial charge in [-0.2, -0.15) is 0 Å². The van der Waals surface area contributed by atoms with Crippen LogP contribution < -0.4 is 0 Å². The topological polar surface area (TPSA) is 54.5 Å². The van der Waals surface area contributed by atoms with Crippen LogP contribution in [0.4, 0.5) is 0 Å². The van der Waals surface area contributed by atoms with E-state index in [1.165, 1.54) is 0 Å². The number of nitrogens with zero attached hydrogens (tertiary/aromatic N) is 1. The van der Waals surface area contributed by atoms with Crippen molar-refractivity contribution in [2.75, 3.05) is 13.1 Å². The van der Waals surface area contributed by atoms with Crippen LogP contribution in [0.2, 0.25) is 5.02 Å². The maximum atomic E-state index is 12.6. The van der Waals surface area contributed by atoms with E-state index >= 15 is 0 Å². The van der Waals surface area contributed by atoms with E-state index in [2.05, 4.69) is 0 Å². The zero-order chi connectivity index (χ0) is 17.8. The molecule has 2 aromatic carbocycles. The highest BCUT2D eigenvalue weighted by Gasteiger charge is 2.31. The van der Waals surface area contributed by atoms with Crippen molar-refractivity contribution in [2.24, 2.45) is 5.92 Å². The average Bonchev–Trinajstić information content (AvgIpc) is 2.64. The van der Waals surface area contributed by atoms with Crippen LogP contribution in [0.1, 0.15) is 33.6 Å². The standard InChI is InChI=1S/C20H18ClNO3/c21-17-8-6-14(7-9-17)19(24)12-16-13-22(11-10-18(16)23)20(25)15-4-2-1-3-5-15/h1-9,16H,10-13H2. The highest BCUT2D eigenvalue weighted by molar-refractivity contribution is 6.30. The molecule has 1 amide bonds. The second-order valence-corrected chi connectivity index (χ2v) is 6.60. The number of hydrogen-bond acceptors (Lipinski definition) is 3. The SMILES string of the molecule is O=C(CC1CN(C(=O)c2ccccc2)CCC1=O)c1ccc(Cl)cc1. The minimum atomic E-state index is -0.454. The van der Waals surface area contributed by atoms with Gasteiger partial charge in [0, 0.05) is 48.0 Å². The summed E-state index contributed by atoms with van der Waals surface area (Å²) >= 11 is 5.83. The molecule has 0 saturated carbocycles. The average molecular weight is 356 g/mol. The first kappa shape index (κ1) is 17.4. The summed E-state index contributed by atoms with van der Waals surface area (Å²) in [6.07, 6.45) is 0.399. The van der Waals surface area contributed by atoms with Crippen LogP contribution in [0.25, 0.3) is 0 Å². The van der Waals surface area contributed by atoms with Crippen LogP contribution in [0.15, 0.2) is 54.6 Å². The molecule has 1 heterocycles. The second kappa shape index (κ2) is 7.62. The van der Waals surface area contributed by atoms with Crippen LogP contribution in [0.3, 0.4) is 0 Å². The van der Waals surface area contributed by atoms with E-state index in [1.807, 2.05) is 18.2 Å². The molecular formula is C20H18ClNO3. The van der Waals surface area contributed by atoms with Gasteiger partial charge in [-0.25, -0.2) is 0 Å². The van der Waals surface area contributed by atoms with Gasteiger partial charge in [-0.1, -0.05) is 29.8 Å². The highest BCUT2D eigenvalue weighted by atomic mass is 35.5. The number of carbonyl (C=O) groups excluding carboxylic acids is 3. The van der Waals surface area contributed by atoms with Crippen molar-refractivity contribution in [2.45, 2.75) is 12.8 Å². The quantitative estimate of drug-likeness (QED) is 0.787. The number of amides is 1. The van der Waals surface area contributed by atoms with Gasteiger partial charge >= 0.3 is 0 Å². The van der Waals surface area contributed by atoms with Gasteiger partial charge in [0.15, 0.2) is 5.78 Å². The Labute approximate surface area is 151 Å². The van der Waals surface area contributed by atoms with Gasteiger partial charge in [0.1, 0.15) is 5.78 Å². The number of likely N-dealkylation sites (tertiary alicyclic amines) is 1. The Morgan fingerprint density at radius 2 is 1.68 bits per heavy atom. The van der Waals surface area contributed by atoms with Crippen LogP contribution in [-0.2, 0) is 4.79 Å². The third-order valence-corrected chi connectivity index (χ3v) is 4.68. The van der Waals surface area contributed by atoms with Crippen molar-refractivity contribution < 1.29 is 14.4 Å². The number of hydrogen-bond donors (Lipinski definition) is 0. The Morgan fingerprint density at radius 3 is 2.36 bits per heavy atom. The van der Waals surface area contributed by atoms with Gasteiger partial charge < -0.3 is 4.90 Å². The number of carbonyl (C=O) groups is 3. The lowest BCUT2D eigenvalue weighted by Crippen LogP contribution is -2.44. The number of Topliss-reactive ketones (excluding diaryl/α,β-unsaturated/α-hetero) is 2. The minimum absolute atomic E-state index is 0.0411. The molecule has 2 aromatic rings. The molecule has 1 saturated heterocycles. The maximum Gasteiger partial charge on any atom is 0.253 e. The van der Waals surface area contributed by atoms with E-state index in [1.54, 1.807) is 41.3 Å². The van der Waals surface area contributed by atoms with Gasteiger partial charge in [-0.15, -0.1) is 0 Å². The van der Waals surface area contributed by atoms with E-state index in [-0.39, 0.29) is 36.9 Å². The Balaban J connectivity index is 1.68. The fourth-order valence-corrected chi connectivity index (χ4v) is 3.14. The van der Waals surface area contributed by atoms with Crippen molar-refractivity contribution in [1.82, 2.24) is 4.90 Å². The molecule has 0 aliphatic carbocycles. The molecule has 1 aliphatic rings. The Hall–Kier alpha value is -2.46. The summed E-state index contributed by atoms with van der Waals surface area (Å²) < 4.78 is 0. The first-order valence-electron chi connectivity index (χ1n) is 8.20. The zero-order valence-corrected chi connectivity index (χ0v) is 14.4. The predicted molar refractivity (Wildman–Crippen MR) is 95.9 cm³/mol. The molecule has 1 aliphatic heterocycles. The van der Waals surface area contributed by atoms with Crippen molar-refractivity contribution in [3.63, 3.8) is 0 Å². The largest absolute Gasteiger partial charge is 0.337 e. The van der Waals surface area contributed by atoms with Crippen molar-refractivity contribution in [1.29, 1.82) is 0 Å². The summed E-state index contributed by atoms with van der Waals surface area (Å²) in [5.41, 5.74) is 1.13. The molecule has 3 rings (SSSR count). The molecule has 0 spiro atoms. The first-order chi connectivity index (χ1) is 12.0. The van der Waals surface area contributed by atoms with Crippen molar-refractivity contribution >= 4 is 29.1 Å². The third-order valence-electron chi connectivity index (χ3n) is 4.43. The molecule has 1 atom stereocenters. The van der Waals surface area contributed by atoms with E-state index in [0.717, 1.165) is 0 Å². The maximum absolute atomic E-state index is 12.6. The molecule has 1 fully saturated rings. The summed E-state index contributed by atoms with van der Waals surface area (Å²) in [7, 11) is 0. The Bertz CT molecular complexity index is 786. The fraction of sp³-hybridized carbons (Fsp3) is 0.250. The molecule has 0 radical (unpaired) electrons. The summed E-state index contributed by atoms with van der Waals surface area (Å²) in [5.74, 6) is -0.620. The Morgan fingerprint density at radius 1 is 1.00 bits per heavy atom. The van der Waals surface area contributed by atoms with E-state index in [9.17, 15) is 14.4 Å². The number of ketones is 2. The number of benzene rings is 2. The number of rotatable bonds is 4. The van der Waals surface area contributed by atoms with Crippen molar-refractivity contribution in [3.05, 3.63) is 70.7 Å². The molecule has 128 valence electrons. The molecule has 5 heteroatoms. The first-order valence-corrected chi connectivity index (χ1v) is 8.58. The van der Waals surface area contributed by atoms with E-state index in [0.29, 0.717) is 22.7 Å². The van der Waals surface area contributed by atoms with Crippen LogP contribution in [0, 0.1) is 5.92 Å². The minimum Gasteiger partial charge on any atom is -0.337 e. The lowest BCUT2D eigenvalue weighted by Gasteiger charge is -2.31. The predicted octanol–water partition coefficient (Wildman–Crippen LogP) is 3.64. The zero-order valence-electron chi connectivity index (χ0n) is 13.7. The highest BCUT2D eigenvalue weighted by Crippen LogP contribution is 2.21. The molecule has 25 heavy (non-hydrogen) atoms. The molecule has 4 nitrogen and oxygen atoms in total. The van der Waals surface area contributed by atoms with Crippen LogP contribution >= 0.6 is 11.6 Å². The molecule has 0 bridgehead atoms.